The molecule has 2 rings (SSSR count). The topological polar surface area (TPSA) is 44.5 Å². The molecule has 118 valence electrons. The van der Waals surface area contributed by atoms with E-state index in [9.17, 15) is 0 Å². The van der Waals surface area contributed by atoms with Gasteiger partial charge in [0.25, 0.3) is 0 Å². The molecule has 3 atom stereocenters. The number of hydrogen-bond acceptors (Lipinski definition) is 3. The van der Waals surface area contributed by atoms with Gasteiger partial charge in [-0.15, -0.1) is 0 Å². The summed E-state index contributed by atoms with van der Waals surface area (Å²) < 4.78 is 11.3. The third-order valence-corrected chi connectivity index (χ3v) is 4.40. The molecular weight excluding hydrogens is 262 g/mol. The standard InChI is InChI=1S/C18H29NO2/c1-13-9-16(11-18(2,3)10-13)21-12-17(19)14-5-7-15(20-4)8-6-14/h5-8,13,16-17H,9-12,19H2,1-4H3. The van der Waals surface area contributed by atoms with Crippen LogP contribution in [0.2, 0.25) is 0 Å². The summed E-state index contributed by atoms with van der Waals surface area (Å²) in [5, 5.41) is 0. The average Bonchev–Trinajstić information content (AvgIpc) is 2.43. The van der Waals surface area contributed by atoms with E-state index in [1.54, 1.807) is 7.11 Å². The number of ether oxygens (including phenoxy) is 2. The SMILES string of the molecule is COc1ccc(C(N)COC2CC(C)CC(C)(C)C2)cc1. The lowest BCUT2D eigenvalue weighted by atomic mass is 9.71. The lowest BCUT2D eigenvalue weighted by Crippen LogP contribution is -2.34. The van der Waals surface area contributed by atoms with Crippen molar-refractivity contribution in [1.29, 1.82) is 0 Å². The molecule has 3 heteroatoms. The third kappa shape index (κ3) is 4.72. The van der Waals surface area contributed by atoms with Gasteiger partial charge < -0.3 is 15.2 Å². The van der Waals surface area contributed by atoms with Crippen molar-refractivity contribution in [3.63, 3.8) is 0 Å². The summed E-state index contributed by atoms with van der Waals surface area (Å²) >= 11 is 0. The quantitative estimate of drug-likeness (QED) is 0.894. The molecule has 0 aliphatic heterocycles. The van der Waals surface area contributed by atoms with Crippen LogP contribution in [0.5, 0.6) is 5.75 Å². The number of methoxy groups -OCH3 is 1. The average molecular weight is 291 g/mol. The van der Waals surface area contributed by atoms with E-state index in [1.165, 1.54) is 6.42 Å². The molecule has 0 aromatic heterocycles. The van der Waals surface area contributed by atoms with E-state index < -0.39 is 0 Å². The molecule has 21 heavy (non-hydrogen) atoms. The minimum absolute atomic E-state index is 0.0729. The summed E-state index contributed by atoms with van der Waals surface area (Å²) in [5.41, 5.74) is 7.72. The molecule has 2 N–H and O–H groups in total. The highest BCUT2D eigenvalue weighted by atomic mass is 16.5. The van der Waals surface area contributed by atoms with Crippen molar-refractivity contribution < 1.29 is 9.47 Å². The number of rotatable bonds is 5. The second-order valence-corrected chi connectivity index (χ2v) is 7.25. The highest BCUT2D eigenvalue weighted by molar-refractivity contribution is 5.28. The van der Waals surface area contributed by atoms with E-state index in [2.05, 4.69) is 20.8 Å². The number of hydrogen-bond donors (Lipinski definition) is 1. The van der Waals surface area contributed by atoms with E-state index in [0.29, 0.717) is 18.1 Å². The van der Waals surface area contributed by atoms with E-state index in [0.717, 1.165) is 30.1 Å². The van der Waals surface area contributed by atoms with Crippen LogP contribution in [0.4, 0.5) is 0 Å². The molecule has 3 unspecified atom stereocenters. The monoisotopic (exact) mass is 291 g/mol. The van der Waals surface area contributed by atoms with Crippen LogP contribution < -0.4 is 10.5 Å². The molecule has 3 nitrogen and oxygen atoms in total. The van der Waals surface area contributed by atoms with Crippen molar-refractivity contribution in [2.24, 2.45) is 17.1 Å². The zero-order chi connectivity index (χ0) is 15.5. The smallest absolute Gasteiger partial charge is 0.118 e. The van der Waals surface area contributed by atoms with Crippen LogP contribution >= 0.6 is 0 Å². The van der Waals surface area contributed by atoms with Gasteiger partial charge in [-0.05, 0) is 48.3 Å². The molecule has 0 spiro atoms. The van der Waals surface area contributed by atoms with Crippen LogP contribution in [0.15, 0.2) is 24.3 Å². The Morgan fingerprint density at radius 2 is 1.90 bits per heavy atom. The van der Waals surface area contributed by atoms with Gasteiger partial charge in [0.2, 0.25) is 0 Å². The van der Waals surface area contributed by atoms with Gasteiger partial charge in [0.1, 0.15) is 5.75 Å². The maximum atomic E-state index is 6.24. The lowest BCUT2D eigenvalue weighted by Gasteiger charge is -2.39. The Balaban J connectivity index is 1.86. The van der Waals surface area contributed by atoms with Crippen molar-refractivity contribution >= 4 is 0 Å². The maximum absolute atomic E-state index is 6.24. The fraction of sp³-hybridized carbons (Fsp3) is 0.667. The third-order valence-electron chi connectivity index (χ3n) is 4.40. The van der Waals surface area contributed by atoms with Gasteiger partial charge in [-0.25, -0.2) is 0 Å². The molecule has 0 bridgehead atoms. The summed E-state index contributed by atoms with van der Waals surface area (Å²) in [6, 6.07) is 7.85. The van der Waals surface area contributed by atoms with Gasteiger partial charge in [0.15, 0.2) is 0 Å². The molecule has 0 radical (unpaired) electrons. The Hall–Kier alpha value is -1.06. The second kappa shape index (κ2) is 6.80. The lowest BCUT2D eigenvalue weighted by molar-refractivity contribution is -0.0278. The Labute approximate surface area is 128 Å². The van der Waals surface area contributed by atoms with E-state index in [4.69, 9.17) is 15.2 Å². The van der Waals surface area contributed by atoms with Crippen molar-refractivity contribution in [3.8, 4) is 5.75 Å². The summed E-state index contributed by atoms with van der Waals surface area (Å²) in [7, 11) is 1.67. The molecule has 1 fully saturated rings. The molecule has 1 aliphatic carbocycles. The zero-order valence-corrected chi connectivity index (χ0v) is 13.8. The molecule has 0 amide bonds. The molecular formula is C18H29NO2. The van der Waals surface area contributed by atoms with Crippen LogP contribution in [0.25, 0.3) is 0 Å². The highest BCUT2D eigenvalue weighted by Crippen LogP contribution is 2.39. The molecule has 1 aromatic rings. The molecule has 0 saturated heterocycles. The van der Waals surface area contributed by atoms with E-state index in [-0.39, 0.29) is 6.04 Å². The molecule has 0 heterocycles. The largest absolute Gasteiger partial charge is 0.497 e. The van der Waals surface area contributed by atoms with Gasteiger partial charge in [-0.1, -0.05) is 32.9 Å². The predicted octanol–water partition coefficient (Wildman–Crippen LogP) is 3.93. The Morgan fingerprint density at radius 1 is 1.24 bits per heavy atom. The molecule has 1 saturated carbocycles. The Bertz CT molecular complexity index is 441. The molecule has 1 aromatic carbocycles. The normalized spacial score (nSPS) is 26.3. The summed E-state index contributed by atoms with van der Waals surface area (Å²) in [6.45, 7) is 7.57. The van der Waals surface area contributed by atoms with Gasteiger partial charge in [0.05, 0.1) is 25.9 Å². The van der Waals surface area contributed by atoms with Crippen LogP contribution in [-0.2, 0) is 4.74 Å². The second-order valence-electron chi connectivity index (χ2n) is 7.25. The summed E-state index contributed by atoms with van der Waals surface area (Å²) in [6.07, 6.45) is 3.91. The zero-order valence-electron chi connectivity index (χ0n) is 13.8. The van der Waals surface area contributed by atoms with Gasteiger partial charge >= 0.3 is 0 Å². The van der Waals surface area contributed by atoms with Crippen LogP contribution in [0.1, 0.15) is 51.6 Å². The highest BCUT2D eigenvalue weighted by Gasteiger charge is 2.32. The number of benzene rings is 1. The maximum Gasteiger partial charge on any atom is 0.118 e. The van der Waals surface area contributed by atoms with Crippen molar-refractivity contribution in [2.75, 3.05) is 13.7 Å². The van der Waals surface area contributed by atoms with E-state index >= 15 is 0 Å². The first-order valence-corrected chi connectivity index (χ1v) is 7.91. The minimum atomic E-state index is -0.0729. The van der Waals surface area contributed by atoms with Gasteiger partial charge in [-0.2, -0.15) is 0 Å². The van der Waals surface area contributed by atoms with Crippen molar-refractivity contribution in [1.82, 2.24) is 0 Å². The van der Waals surface area contributed by atoms with Crippen LogP contribution in [-0.4, -0.2) is 19.8 Å². The summed E-state index contributed by atoms with van der Waals surface area (Å²) in [5.74, 6) is 1.59. The van der Waals surface area contributed by atoms with Crippen molar-refractivity contribution in [3.05, 3.63) is 29.8 Å². The Kier molecular flexibility index (Phi) is 5.28. The van der Waals surface area contributed by atoms with Crippen molar-refractivity contribution in [2.45, 2.75) is 52.2 Å². The fourth-order valence-electron chi connectivity index (χ4n) is 3.57. The van der Waals surface area contributed by atoms with Crippen LogP contribution in [0, 0.1) is 11.3 Å². The van der Waals surface area contributed by atoms with Gasteiger partial charge in [0, 0.05) is 0 Å². The van der Waals surface area contributed by atoms with E-state index in [1.807, 2.05) is 24.3 Å². The summed E-state index contributed by atoms with van der Waals surface area (Å²) in [4.78, 5) is 0. The predicted molar refractivity (Wildman–Crippen MR) is 86.5 cm³/mol. The minimum Gasteiger partial charge on any atom is -0.497 e. The van der Waals surface area contributed by atoms with Crippen LogP contribution in [0.3, 0.4) is 0 Å². The molecule has 1 aliphatic rings. The first-order chi connectivity index (χ1) is 9.89. The Morgan fingerprint density at radius 3 is 2.48 bits per heavy atom. The number of nitrogens with two attached hydrogens (primary N) is 1. The first kappa shape index (κ1) is 16.3. The fourth-order valence-corrected chi connectivity index (χ4v) is 3.57. The first-order valence-electron chi connectivity index (χ1n) is 7.91. The van der Waals surface area contributed by atoms with Gasteiger partial charge in [-0.3, -0.25) is 0 Å².